The highest BCUT2D eigenvalue weighted by Gasteiger charge is 2.27. The average Bonchev–Trinajstić information content (AvgIpc) is 3.09. The van der Waals surface area contributed by atoms with Crippen molar-refractivity contribution in [3.05, 3.63) is 35.8 Å². The Labute approximate surface area is 113 Å². The molecule has 1 aliphatic heterocycles. The van der Waals surface area contributed by atoms with Crippen molar-refractivity contribution in [2.75, 3.05) is 13.1 Å². The van der Waals surface area contributed by atoms with Crippen LogP contribution < -0.4 is 0 Å². The standard InChI is InChI=1S/C14H20N4O/c1-10-8-15-14(19-10)11(2)18-7-3-4-12(9-18)13-5-6-16-17-13/h5-6,8,11-12H,3-4,7,9H2,1-2H3,(H,16,17). The molecule has 3 heterocycles. The number of hydrogen-bond acceptors (Lipinski definition) is 4. The fourth-order valence-corrected chi connectivity index (χ4v) is 2.83. The van der Waals surface area contributed by atoms with Crippen LogP contribution in [0, 0.1) is 6.92 Å². The number of aryl methyl sites for hydroxylation is 1. The van der Waals surface area contributed by atoms with Crippen molar-refractivity contribution in [3.8, 4) is 0 Å². The molecule has 0 saturated carbocycles. The normalized spacial score (nSPS) is 22.5. The first-order valence-corrected chi connectivity index (χ1v) is 6.89. The molecular weight excluding hydrogens is 240 g/mol. The molecule has 2 atom stereocenters. The number of aromatic nitrogens is 3. The Morgan fingerprint density at radius 2 is 2.42 bits per heavy atom. The number of nitrogens with one attached hydrogen (secondary N) is 1. The molecule has 0 spiro atoms. The molecular formula is C14H20N4O. The van der Waals surface area contributed by atoms with Gasteiger partial charge in [-0.3, -0.25) is 10.00 Å². The number of piperidine rings is 1. The molecule has 0 amide bonds. The lowest BCUT2D eigenvalue weighted by Gasteiger charge is -2.35. The monoisotopic (exact) mass is 260 g/mol. The maximum absolute atomic E-state index is 5.65. The van der Waals surface area contributed by atoms with E-state index in [-0.39, 0.29) is 6.04 Å². The quantitative estimate of drug-likeness (QED) is 0.921. The molecule has 1 N–H and O–H groups in total. The number of rotatable bonds is 3. The van der Waals surface area contributed by atoms with E-state index in [1.807, 2.05) is 13.1 Å². The minimum Gasteiger partial charge on any atom is -0.444 e. The third kappa shape index (κ3) is 2.56. The van der Waals surface area contributed by atoms with Gasteiger partial charge in [0.25, 0.3) is 0 Å². The predicted molar refractivity (Wildman–Crippen MR) is 71.8 cm³/mol. The van der Waals surface area contributed by atoms with Crippen LogP contribution in [0.1, 0.15) is 49.1 Å². The molecule has 19 heavy (non-hydrogen) atoms. The van der Waals surface area contributed by atoms with E-state index < -0.39 is 0 Å². The van der Waals surface area contributed by atoms with Crippen LogP contribution in [0.2, 0.25) is 0 Å². The van der Waals surface area contributed by atoms with E-state index in [4.69, 9.17) is 4.42 Å². The third-order valence-electron chi connectivity index (χ3n) is 3.96. The molecule has 2 unspecified atom stereocenters. The van der Waals surface area contributed by atoms with Crippen LogP contribution in [-0.4, -0.2) is 33.2 Å². The second-order valence-corrected chi connectivity index (χ2v) is 5.33. The molecule has 2 aromatic heterocycles. The second-order valence-electron chi connectivity index (χ2n) is 5.33. The van der Waals surface area contributed by atoms with E-state index >= 15 is 0 Å². The molecule has 5 nitrogen and oxygen atoms in total. The number of aromatic amines is 1. The Bertz CT molecular complexity index is 519. The molecule has 5 heteroatoms. The maximum Gasteiger partial charge on any atom is 0.211 e. The summed E-state index contributed by atoms with van der Waals surface area (Å²) in [6.45, 7) is 6.24. The molecule has 0 aromatic carbocycles. The predicted octanol–water partition coefficient (Wildman–Crippen LogP) is 2.65. The molecule has 1 aliphatic rings. The minimum atomic E-state index is 0.236. The van der Waals surface area contributed by atoms with E-state index in [0.717, 1.165) is 24.7 Å². The average molecular weight is 260 g/mol. The maximum atomic E-state index is 5.65. The highest BCUT2D eigenvalue weighted by molar-refractivity contribution is 5.08. The van der Waals surface area contributed by atoms with Crippen molar-refractivity contribution in [2.45, 2.75) is 38.6 Å². The van der Waals surface area contributed by atoms with Gasteiger partial charge in [0.05, 0.1) is 12.2 Å². The third-order valence-corrected chi connectivity index (χ3v) is 3.96. The number of oxazole rings is 1. The number of hydrogen-bond donors (Lipinski definition) is 1. The highest BCUT2D eigenvalue weighted by Crippen LogP contribution is 2.30. The molecule has 1 fully saturated rings. The van der Waals surface area contributed by atoms with Crippen molar-refractivity contribution < 1.29 is 4.42 Å². The van der Waals surface area contributed by atoms with Crippen LogP contribution in [0.3, 0.4) is 0 Å². The van der Waals surface area contributed by atoms with E-state index in [2.05, 4.69) is 33.1 Å². The number of nitrogens with zero attached hydrogens (tertiary/aromatic N) is 3. The summed E-state index contributed by atoms with van der Waals surface area (Å²) >= 11 is 0. The molecule has 0 aliphatic carbocycles. The Hall–Kier alpha value is -1.62. The molecule has 0 radical (unpaired) electrons. The van der Waals surface area contributed by atoms with Gasteiger partial charge in [0.2, 0.25) is 5.89 Å². The van der Waals surface area contributed by atoms with Crippen molar-refractivity contribution >= 4 is 0 Å². The van der Waals surface area contributed by atoms with Crippen LogP contribution in [0.4, 0.5) is 0 Å². The first kappa shape index (κ1) is 12.4. The van der Waals surface area contributed by atoms with Crippen LogP contribution in [0.5, 0.6) is 0 Å². The van der Waals surface area contributed by atoms with Gasteiger partial charge in [0.1, 0.15) is 5.76 Å². The highest BCUT2D eigenvalue weighted by atomic mass is 16.4. The summed E-state index contributed by atoms with van der Waals surface area (Å²) < 4.78 is 5.65. The fraction of sp³-hybridized carbons (Fsp3) is 0.571. The summed E-state index contributed by atoms with van der Waals surface area (Å²) in [6.07, 6.45) is 6.04. The van der Waals surface area contributed by atoms with Crippen LogP contribution >= 0.6 is 0 Å². The zero-order chi connectivity index (χ0) is 13.2. The molecule has 1 saturated heterocycles. The lowest BCUT2D eigenvalue weighted by molar-refractivity contribution is 0.137. The van der Waals surface area contributed by atoms with Gasteiger partial charge < -0.3 is 4.42 Å². The lowest BCUT2D eigenvalue weighted by atomic mass is 9.94. The van der Waals surface area contributed by atoms with Gasteiger partial charge >= 0.3 is 0 Å². The zero-order valence-corrected chi connectivity index (χ0v) is 11.5. The van der Waals surface area contributed by atoms with E-state index in [1.165, 1.54) is 18.5 Å². The SMILES string of the molecule is Cc1cnc(C(C)N2CCCC(c3ccn[nH]3)C2)o1. The van der Waals surface area contributed by atoms with Gasteiger partial charge in [-0.25, -0.2) is 4.98 Å². The van der Waals surface area contributed by atoms with E-state index in [1.54, 1.807) is 6.20 Å². The van der Waals surface area contributed by atoms with Crippen molar-refractivity contribution in [1.29, 1.82) is 0 Å². The minimum absolute atomic E-state index is 0.236. The van der Waals surface area contributed by atoms with Gasteiger partial charge in [-0.1, -0.05) is 0 Å². The zero-order valence-electron chi connectivity index (χ0n) is 11.5. The summed E-state index contributed by atoms with van der Waals surface area (Å²) in [7, 11) is 0. The first-order chi connectivity index (χ1) is 9.24. The van der Waals surface area contributed by atoms with Crippen molar-refractivity contribution in [3.63, 3.8) is 0 Å². The first-order valence-electron chi connectivity index (χ1n) is 6.89. The fourth-order valence-electron chi connectivity index (χ4n) is 2.83. The number of H-pyrrole nitrogens is 1. The Balaban J connectivity index is 1.71. The summed E-state index contributed by atoms with van der Waals surface area (Å²) in [5, 5.41) is 7.15. The van der Waals surface area contributed by atoms with Crippen LogP contribution in [0.25, 0.3) is 0 Å². The van der Waals surface area contributed by atoms with E-state index in [0.29, 0.717) is 5.92 Å². The van der Waals surface area contributed by atoms with Crippen molar-refractivity contribution in [1.82, 2.24) is 20.1 Å². The Kier molecular flexibility index (Phi) is 3.38. The summed E-state index contributed by atoms with van der Waals surface area (Å²) in [5.41, 5.74) is 1.24. The van der Waals surface area contributed by atoms with E-state index in [9.17, 15) is 0 Å². The summed E-state index contributed by atoms with van der Waals surface area (Å²) in [5.74, 6) is 2.24. The Morgan fingerprint density at radius 3 is 3.11 bits per heavy atom. The Morgan fingerprint density at radius 1 is 1.53 bits per heavy atom. The number of likely N-dealkylation sites (tertiary alicyclic amines) is 1. The lowest BCUT2D eigenvalue weighted by Crippen LogP contribution is -2.36. The van der Waals surface area contributed by atoms with Gasteiger partial charge in [0.15, 0.2) is 0 Å². The molecule has 3 rings (SSSR count). The van der Waals surface area contributed by atoms with Crippen LogP contribution in [0.15, 0.2) is 22.9 Å². The van der Waals surface area contributed by atoms with Gasteiger partial charge in [-0.05, 0) is 39.3 Å². The second kappa shape index (κ2) is 5.17. The van der Waals surface area contributed by atoms with Gasteiger partial charge in [0, 0.05) is 24.4 Å². The van der Waals surface area contributed by atoms with Crippen LogP contribution in [-0.2, 0) is 0 Å². The van der Waals surface area contributed by atoms with Crippen molar-refractivity contribution in [2.24, 2.45) is 0 Å². The molecule has 102 valence electrons. The molecule has 0 bridgehead atoms. The van der Waals surface area contributed by atoms with Gasteiger partial charge in [-0.15, -0.1) is 0 Å². The topological polar surface area (TPSA) is 58.0 Å². The van der Waals surface area contributed by atoms with Gasteiger partial charge in [-0.2, -0.15) is 5.10 Å². The molecule has 2 aromatic rings. The largest absolute Gasteiger partial charge is 0.444 e. The summed E-state index contributed by atoms with van der Waals surface area (Å²) in [6, 6.07) is 2.31. The smallest absolute Gasteiger partial charge is 0.211 e. The summed E-state index contributed by atoms with van der Waals surface area (Å²) in [4.78, 5) is 6.79.